The molecule has 0 bridgehead atoms. The van der Waals surface area contributed by atoms with E-state index in [2.05, 4.69) is 16.7 Å². The van der Waals surface area contributed by atoms with E-state index in [0.29, 0.717) is 0 Å². The van der Waals surface area contributed by atoms with E-state index in [1.54, 1.807) is 0 Å². The topological polar surface area (TPSA) is 41.1 Å². The third kappa shape index (κ3) is 2.50. The van der Waals surface area contributed by atoms with Crippen molar-refractivity contribution in [2.45, 2.75) is 40.0 Å². The normalized spacial score (nSPS) is 14.6. The molecule has 18 heavy (non-hydrogen) atoms. The van der Waals surface area contributed by atoms with Gasteiger partial charge in [0.05, 0.1) is 11.4 Å². The highest BCUT2D eigenvalue weighted by Gasteiger charge is 2.26. The number of carbonyl (C=O) groups excluding carboxylic acids is 1. The van der Waals surface area contributed by atoms with Crippen molar-refractivity contribution in [1.82, 2.24) is 0 Å². The van der Waals surface area contributed by atoms with Crippen molar-refractivity contribution in [2.75, 3.05) is 17.2 Å². The molecule has 0 radical (unpaired) electrons. The molecule has 1 aliphatic heterocycles. The van der Waals surface area contributed by atoms with Gasteiger partial charge in [-0.2, -0.15) is 0 Å². The van der Waals surface area contributed by atoms with Crippen LogP contribution in [0.25, 0.3) is 0 Å². The summed E-state index contributed by atoms with van der Waals surface area (Å²) in [5.74, 6) is 0.0887. The summed E-state index contributed by atoms with van der Waals surface area (Å²) in [5.41, 5.74) is 2.99. The fourth-order valence-electron chi connectivity index (χ4n) is 2.07. The molecular weight excluding hydrogens is 224 g/mol. The zero-order valence-electron chi connectivity index (χ0n) is 11.5. The molecule has 0 aliphatic carbocycles. The van der Waals surface area contributed by atoms with Gasteiger partial charge < -0.3 is 10.6 Å². The number of nitrogens with one attached hydrogen (secondary N) is 2. The van der Waals surface area contributed by atoms with Gasteiger partial charge in [-0.3, -0.25) is 4.79 Å². The third-order valence-corrected chi connectivity index (χ3v) is 3.82. The van der Waals surface area contributed by atoms with Crippen LogP contribution in [0.2, 0.25) is 0 Å². The minimum absolute atomic E-state index is 0.0887. The number of rotatable bonds is 3. The highest BCUT2D eigenvalue weighted by Crippen LogP contribution is 2.31. The first kappa shape index (κ1) is 12.9. The molecule has 0 atom stereocenters. The Hall–Kier alpha value is -1.51. The molecule has 1 aromatic rings. The van der Waals surface area contributed by atoms with Crippen LogP contribution in [0.1, 0.15) is 39.2 Å². The molecule has 98 valence electrons. The van der Waals surface area contributed by atoms with Crippen molar-refractivity contribution in [3.8, 4) is 0 Å². The minimum Gasteiger partial charge on any atom is -0.383 e. The Morgan fingerprint density at radius 2 is 2.22 bits per heavy atom. The molecule has 1 amide bonds. The maximum Gasteiger partial charge on any atom is 0.230 e. The van der Waals surface area contributed by atoms with Gasteiger partial charge in [-0.15, -0.1) is 0 Å². The van der Waals surface area contributed by atoms with Crippen LogP contribution in [0.4, 0.5) is 11.4 Å². The molecule has 3 heteroatoms. The number of hydrogen-bond donors (Lipinski definition) is 2. The van der Waals surface area contributed by atoms with Gasteiger partial charge in [-0.05, 0) is 30.9 Å². The van der Waals surface area contributed by atoms with E-state index in [1.165, 1.54) is 5.56 Å². The van der Waals surface area contributed by atoms with Crippen LogP contribution in [-0.4, -0.2) is 12.5 Å². The standard InChI is InChI=1S/C15H22N2O/c1-4-15(2,3)14(18)17-12-9-5-7-11-8-6-10-16-13(11)12/h5,7,9,16H,4,6,8,10H2,1-3H3,(H,17,18). The summed E-state index contributed by atoms with van der Waals surface area (Å²) in [4.78, 5) is 12.2. The number of aryl methyl sites for hydroxylation is 1. The number of para-hydroxylation sites is 1. The largest absolute Gasteiger partial charge is 0.383 e. The fourth-order valence-corrected chi connectivity index (χ4v) is 2.07. The average Bonchev–Trinajstić information content (AvgIpc) is 2.39. The van der Waals surface area contributed by atoms with Crippen LogP contribution < -0.4 is 10.6 Å². The van der Waals surface area contributed by atoms with E-state index in [1.807, 2.05) is 32.9 Å². The Bertz CT molecular complexity index is 452. The lowest BCUT2D eigenvalue weighted by atomic mass is 9.89. The molecule has 1 heterocycles. The average molecular weight is 246 g/mol. The predicted molar refractivity (Wildman–Crippen MR) is 76.0 cm³/mol. The second-order valence-electron chi connectivity index (χ2n) is 5.56. The van der Waals surface area contributed by atoms with Gasteiger partial charge in [0, 0.05) is 12.0 Å². The quantitative estimate of drug-likeness (QED) is 0.858. The molecular formula is C15H22N2O. The maximum absolute atomic E-state index is 12.2. The number of hydrogen-bond acceptors (Lipinski definition) is 2. The monoisotopic (exact) mass is 246 g/mol. The summed E-state index contributed by atoms with van der Waals surface area (Å²) in [6.45, 7) is 6.98. The van der Waals surface area contributed by atoms with E-state index in [4.69, 9.17) is 0 Å². The van der Waals surface area contributed by atoms with Crippen molar-refractivity contribution < 1.29 is 4.79 Å². The Morgan fingerprint density at radius 1 is 1.44 bits per heavy atom. The maximum atomic E-state index is 12.2. The Balaban J connectivity index is 2.22. The summed E-state index contributed by atoms with van der Waals surface area (Å²) in [6, 6.07) is 6.11. The van der Waals surface area contributed by atoms with Crippen LogP contribution in [0.3, 0.4) is 0 Å². The Labute approximate surface area is 109 Å². The predicted octanol–water partition coefficient (Wildman–Crippen LogP) is 3.42. The molecule has 0 aromatic heterocycles. The van der Waals surface area contributed by atoms with Crippen molar-refractivity contribution >= 4 is 17.3 Å². The number of benzene rings is 1. The summed E-state index contributed by atoms with van der Waals surface area (Å²) >= 11 is 0. The molecule has 0 fully saturated rings. The highest BCUT2D eigenvalue weighted by molar-refractivity contribution is 5.98. The van der Waals surface area contributed by atoms with Gasteiger partial charge >= 0.3 is 0 Å². The van der Waals surface area contributed by atoms with Crippen molar-refractivity contribution in [3.63, 3.8) is 0 Å². The lowest BCUT2D eigenvalue weighted by Gasteiger charge is -2.25. The van der Waals surface area contributed by atoms with Gasteiger partial charge in [-0.1, -0.05) is 32.9 Å². The smallest absolute Gasteiger partial charge is 0.230 e. The van der Waals surface area contributed by atoms with Crippen molar-refractivity contribution in [3.05, 3.63) is 23.8 Å². The summed E-state index contributed by atoms with van der Waals surface area (Å²) in [5, 5.41) is 6.45. The molecule has 2 rings (SSSR count). The van der Waals surface area contributed by atoms with Gasteiger partial charge in [0.1, 0.15) is 0 Å². The van der Waals surface area contributed by atoms with Crippen LogP contribution >= 0.6 is 0 Å². The minimum atomic E-state index is -0.322. The van der Waals surface area contributed by atoms with E-state index in [-0.39, 0.29) is 11.3 Å². The van der Waals surface area contributed by atoms with Crippen LogP contribution in [-0.2, 0) is 11.2 Å². The molecule has 1 aromatic carbocycles. The van der Waals surface area contributed by atoms with Crippen LogP contribution in [0.15, 0.2) is 18.2 Å². The first-order valence-corrected chi connectivity index (χ1v) is 6.72. The number of amides is 1. The molecule has 0 spiro atoms. The Morgan fingerprint density at radius 3 is 2.94 bits per heavy atom. The molecule has 0 saturated carbocycles. The van der Waals surface area contributed by atoms with E-state index < -0.39 is 0 Å². The van der Waals surface area contributed by atoms with Gasteiger partial charge in [0.25, 0.3) is 0 Å². The van der Waals surface area contributed by atoms with Crippen molar-refractivity contribution in [1.29, 1.82) is 0 Å². The zero-order valence-corrected chi connectivity index (χ0v) is 11.5. The molecule has 3 nitrogen and oxygen atoms in total. The summed E-state index contributed by atoms with van der Waals surface area (Å²) in [6.07, 6.45) is 3.08. The first-order chi connectivity index (χ1) is 8.54. The lowest BCUT2D eigenvalue weighted by molar-refractivity contribution is -0.124. The molecule has 2 N–H and O–H groups in total. The first-order valence-electron chi connectivity index (χ1n) is 6.72. The second kappa shape index (κ2) is 5.01. The third-order valence-electron chi connectivity index (χ3n) is 3.82. The molecule has 0 unspecified atom stereocenters. The molecule has 1 aliphatic rings. The van der Waals surface area contributed by atoms with Gasteiger partial charge in [0.2, 0.25) is 5.91 Å². The number of carbonyl (C=O) groups is 1. The van der Waals surface area contributed by atoms with Gasteiger partial charge in [-0.25, -0.2) is 0 Å². The summed E-state index contributed by atoms with van der Waals surface area (Å²) < 4.78 is 0. The Kier molecular flexibility index (Phi) is 3.60. The number of anilines is 2. The SMILES string of the molecule is CCC(C)(C)C(=O)Nc1cccc2c1NCCC2. The van der Waals surface area contributed by atoms with E-state index >= 15 is 0 Å². The van der Waals surface area contributed by atoms with Crippen LogP contribution in [0, 0.1) is 5.41 Å². The summed E-state index contributed by atoms with van der Waals surface area (Å²) in [7, 11) is 0. The van der Waals surface area contributed by atoms with E-state index in [0.717, 1.165) is 37.2 Å². The molecule has 0 saturated heterocycles. The zero-order chi connectivity index (χ0) is 13.2. The highest BCUT2D eigenvalue weighted by atomic mass is 16.2. The van der Waals surface area contributed by atoms with E-state index in [9.17, 15) is 4.79 Å². The van der Waals surface area contributed by atoms with Gasteiger partial charge in [0.15, 0.2) is 0 Å². The van der Waals surface area contributed by atoms with Crippen molar-refractivity contribution in [2.24, 2.45) is 5.41 Å². The lowest BCUT2D eigenvalue weighted by Crippen LogP contribution is -2.30. The number of fused-ring (bicyclic) bond motifs is 1. The van der Waals surface area contributed by atoms with Crippen LogP contribution in [0.5, 0.6) is 0 Å². The fraction of sp³-hybridized carbons (Fsp3) is 0.533. The second-order valence-corrected chi connectivity index (χ2v) is 5.56.